The molecule has 0 amide bonds. The monoisotopic (exact) mass is 686 g/mol. The lowest BCUT2D eigenvalue weighted by Crippen LogP contribution is -1.98. The van der Waals surface area contributed by atoms with Crippen LogP contribution in [0.5, 0.6) is 11.5 Å². The number of benzene rings is 6. The van der Waals surface area contributed by atoms with E-state index < -0.39 is 0 Å². The first kappa shape index (κ1) is 31.3. The zero-order chi connectivity index (χ0) is 36.1. The molecule has 10 rings (SSSR count). The van der Waals surface area contributed by atoms with E-state index in [0.29, 0.717) is 0 Å². The van der Waals surface area contributed by atoms with Crippen LogP contribution in [-0.2, 0) is 0 Å². The van der Waals surface area contributed by atoms with Crippen LogP contribution in [0, 0.1) is 41.5 Å². The molecule has 0 saturated heterocycles. The van der Waals surface area contributed by atoms with Gasteiger partial charge in [-0.05, 0) is 123 Å². The van der Waals surface area contributed by atoms with Crippen molar-refractivity contribution in [3.63, 3.8) is 0 Å². The highest BCUT2D eigenvalue weighted by Crippen LogP contribution is 2.40. The van der Waals surface area contributed by atoms with Gasteiger partial charge in [0.05, 0.1) is 34.8 Å². The minimum Gasteiger partial charge on any atom is -0.457 e. The molecule has 0 unspecified atom stereocenters. The lowest BCUT2D eigenvalue weighted by Gasteiger charge is -2.16. The zero-order valence-electron chi connectivity index (χ0n) is 30.7. The molecule has 0 N–H and O–H groups in total. The SMILES string of the molecule is Cc1cc(C)c(-c2cnc3c4cc(Oc5ccc6c7ccccc7n7c(-c8c(C)cc(C)cc8C)cnc7c6c5)ccc4c4ccccc4n23)c(C)c1. The first-order chi connectivity index (χ1) is 25.7. The third-order valence-corrected chi connectivity index (χ3v) is 11.0. The van der Waals surface area contributed by atoms with Crippen LogP contribution in [0.3, 0.4) is 0 Å². The Hall–Kier alpha value is -6.46. The van der Waals surface area contributed by atoms with Crippen molar-refractivity contribution in [2.75, 3.05) is 0 Å². The fourth-order valence-electron chi connectivity index (χ4n) is 9.03. The molecule has 0 aliphatic heterocycles. The standard InChI is InChI=1S/C48H38N4O/c1-27-19-29(3)45(30(4)20-27)43-25-49-47-39-23-33(15-17-35(39)37-11-7-9-13-41(37)51(43)47)53-34-16-18-36-38-12-8-10-14-42(38)52-44(26-50-48(52)40(36)24-34)46-31(5)21-28(2)22-32(46)6/h7-26H,1-6H3. The Labute approximate surface area is 307 Å². The topological polar surface area (TPSA) is 43.8 Å². The highest BCUT2D eigenvalue weighted by molar-refractivity contribution is 6.14. The van der Waals surface area contributed by atoms with Crippen LogP contribution in [0.25, 0.3) is 77.2 Å². The summed E-state index contributed by atoms with van der Waals surface area (Å²) in [5.41, 5.74) is 16.3. The van der Waals surface area contributed by atoms with Crippen LogP contribution in [0.2, 0.25) is 0 Å². The molecule has 4 aromatic heterocycles. The normalized spacial score (nSPS) is 12.0. The predicted octanol–water partition coefficient (Wildman–Crippen LogP) is 12.6. The van der Waals surface area contributed by atoms with Crippen molar-refractivity contribution < 1.29 is 4.74 Å². The second kappa shape index (κ2) is 11.5. The highest BCUT2D eigenvalue weighted by atomic mass is 16.5. The number of rotatable bonds is 4. The van der Waals surface area contributed by atoms with Gasteiger partial charge in [0.15, 0.2) is 0 Å². The first-order valence-electron chi connectivity index (χ1n) is 18.2. The maximum absolute atomic E-state index is 6.73. The van der Waals surface area contributed by atoms with Crippen molar-refractivity contribution >= 4 is 54.6 Å². The Bertz CT molecular complexity index is 2900. The second-order valence-corrected chi connectivity index (χ2v) is 14.7. The van der Waals surface area contributed by atoms with E-state index in [0.717, 1.165) is 66.8 Å². The molecule has 0 aliphatic rings. The Kier molecular flexibility index (Phi) is 6.80. The van der Waals surface area contributed by atoms with Crippen molar-refractivity contribution in [3.05, 3.63) is 155 Å². The van der Waals surface area contributed by atoms with Crippen LogP contribution in [-0.4, -0.2) is 18.8 Å². The molecule has 0 atom stereocenters. The Balaban J connectivity index is 1.15. The quantitative estimate of drug-likeness (QED) is 0.173. The van der Waals surface area contributed by atoms with Crippen LogP contribution in [0.4, 0.5) is 0 Å². The number of aryl methyl sites for hydroxylation is 6. The molecule has 0 fully saturated rings. The summed E-state index contributed by atoms with van der Waals surface area (Å²) in [6.45, 7) is 13.1. The summed E-state index contributed by atoms with van der Waals surface area (Å²) in [6, 6.07) is 39.0. The predicted molar refractivity (Wildman–Crippen MR) is 220 cm³/mol. The van der Waals surface area contributed by atoms with E-state index in [1.807, 2.05) is 12.4 Å². The largest absolute Gasteiger partial charge is 0.457 e. The third kappa shape index (κ3) is 4.70. The summed E-state index contributed by atoms with van der Waals surface area (Å²) in [4.78, 5) is 10.1. The lowest BCUT2D eigenvalue weighted by atomic mass is 9.97. The summed E-state index contributed by atoms with van der Waals surface area (Å²) in [5.74, 6) is 1.51. The first-order valence-corrected chi connectivity index (χ1v) is 18.2. The molecule has 256 valence electrons. The van der Waals surface area contributed by atoms with Crippen LogP contribution >= 0.6 is 0 Å². The molecule has 5 nitrogen and oxygen atoms in total. The molecule has 10 aromatic rings. The van der Waals surface area contributed by atoms with Gasteiger partial charge in [0, 0.05) is 32.7 Å². The number of hydrogen-bond donors (Lipinski definition) is 0. The van der Waals surface area contributed by atoms with E-state index in [-0.39, 0.29) is 0 Å². The number of nitrogens with zero attached hydrogens (tertiary/aromatic N) is 4. The summed E-state index contributed by atoms with van der Waals surface area (Å²) < 4.78 is 11.4. The smallest absolute Gasteiger partial charge is 0.145 e. The molecule has 0 spiro atoms. The molecule has 0 saturated carbocycles. The van der Waals surface area contributed by atoms with Crippen molar-refractivity contribution in [1.29, 1.82) is 0 Å². The van der Waals surface area contributed by atoms with Crippen molar-refractivity contribution in [3.8, 4) is 34.0 Å². The molecule has 5 heteroatoms. The van der Waals surface area contributed by atoms with E-state index in [1.165, 1.54) is 55.3 Å². The van der Waals surface area contributed by atoms with Crippen LogP contribution in [0.1, 0.15) is 33.4 Å². The Morgan fingerprint density at radius 1 is 0.415 bits per heavy atom. The van der Waals surface area contributed by atoms with Crippen molar-refractivity contribution in [2.24, 2.45) is 0 Å². The van der Waals surface area contributed by atoms with Gasteiger partial charge >= 0.3 is 0 Å². The maximum atomic E-state index is 6.73. The summed E-state index contributed by atoms with van der Waals surface area (Å²) in [6.07, 6.45) is 4.05. The van der Waals surface area contributed by atoms with E-state index in [1.54, 1.807) is 0 Å². The molecule has 0 bridgehead atoms. The molecular formula is C48H38N4O. The van der Waals surface area contributed by atoms with Gasteiger partial charge in [0.25, 0.3) is 0 Å². The van der Waals surface area contributed by atoms with Gasteiger partial charge in [0.2, 0.25) is 0 Å². The van der Waals surface area contributed by atoms with Gasteiger partial charge in [-0.2, -0.15) is 0 Å². The number of pyridine rings is 2. The van der Waals surface area contributed by atoms with Crippen molar-refractivity contribution in [1.82, 2.24) is 18.8 Å². The number of fused-ring (bicyclic) bond motifs is 12. The van der Waals surface area contributed by atoms with Crippen molar-refractivity contribution in [2.45, 2.75) is 41.5 Å². The van der Waals surface area contributed by atoms with Gasteiger partial charge in [-0.1, -0.05) is 71.8 Å². The Morgan fingerprint density at radius 3 is 1.23 bits per heavy atom. The summed E-state index contributed by atoms with van der Waals surface area (Å²) >= 11 is 0. The van der Waals surface area contributed by atoms with Gasteiger partial charge < -0.3 is 4.74 Å². The number of hydrogen-bond acceptors (Lipinski definition) is 3. The van der Waals surface area contributed by atoms with E-state index in [4.69, 9.17) is 14.7 Å². The maximum Gasteiger partial charge on any atom is 0.145 e. The zero-order valence-corrected chi connectivity index (χ0v) is 30.7. The van der Waals surface area contributed by atoms with Gasteiger partial charge in [0.1, 0.15) is 22.8 Å². The molecule has 0 aliphatic carbocycles. The number of ether oxygens (including phenoxy) is 1. The van der Waals surface area contributed by atoms with Gasteiger partial charge in [-0.15, -0.1) is 0 Å². The Morgan fingerprint density at radius 2 is 0.811 bits per heavy atom. The molecular weight excluding hydrogens is 649 g/mol. The minimum absolute atomic E-state index is 0.757. The van der Waals surface area contributed by atoms with Crippen LogP contribution < -0.4 is 4.74 Å². The molecule has 4 heterocycles. The average molecular weight is 687 g/mol. The average Bonchev–Trinajstić information content (AvgIpc) is 3.77. The number of para-hydroxylation sites is 2. The van der Waals surface area contributed by atoms with E-state index in [2.05, 4.69) is 160 Å². The van der Waals surface area contributed by atoms with E-state index >= 15 is 0 Å². The van der Waals surface area contributed by atoms with Gasteiger partial charge in [-0.3, -0.25) is 8.80 Å². The molecule has 6 aromatic carbocycles. The second-order valence-electron chi connectivity index (χ2n) is 14.7. The number of imidazole rings is 2. The summed E-state index contributed by atoms with van der Waals surface area (Å²) in [7, 11) is 0. The third-order valence-electron chi connectivity index (χ3n) is 11.0. The molecule has 53 heavy (non-hydrogen) atoms. The fourth-order valence-corrected chi connectivity index (χ4v) is 9.03. The highest BCUT2D eigenvalue weighted by Gasteiger charge is 2.20. The lowest BCUT2D eigenvalue weighted by molar-refractivity contribution is 0.484. The van der Waals surface area contributed by atoms with Crippen LogP contribution in [0.15, 0.2) is 122 Å². The van der Waals surface area contributed by atoms with E-state index in [9.17, 15) is 0 Å². The molecule has 0 radical (unpaired) electrons. The van der Waals surface area contributed by atoms with Gasteiger partial charge in [-0.25, -0.2) is 9.97 Å². The fraction of sp³-hybridized carbons (Fsp3) is 0.125. The summed E-state index contributed by atoms with van der Waals surface area (Å²) in [5, 5.41) is 6.74. The minimum atomic E-state index is 0.757. The number of aromatic nitrogens is 4.